The Hall–Kier alpha value is -3.52. The van der Waals surface area contributed by atoms with Crippen LogP contribution in [-0.2, 0) is 16.6 Å². The highest BCUT2D eigenvalue weighted by molar-refractivity contribution is 7.92. The lowest BCUT2D eigenvalue weighted by molar-refractivity contribution is 0.0749. The van der Waals surface area contributed by atoms with Crippen molar-refractivity contribution in [3.05, 3.63) is 83.9 Å². The van der Waals surface area contributed by atoms with Crippen molar-refractivity contribution in [1.82, 2.24) is 4.90 Å². The number of para-hydroxylation sites is 2. The van der Waals surface area contributed by atoms with Crippen LogP contribution < -0.4 is 14.2 Å². The monoisotopic (exact) mass is 452 g/mol. The number of sulfonamides is 1. The van der Waals surface area contributed by atoms with E-state index in [-0.39, 0.29) is 10.8 Å². The first kappa shape index (κ1) is 21.7. The van der Waals surface area contributed by atoms with E-state index in [1.807, 2.05) is 31.2 Å². The zero-order valence-electron chi connectivity index (χ0n) is 17.7. The summed E-state index contributed by atoms with van der Waals surface area (Å²) >= 11 is 0. The van der Waals surface area contributed by atoms with Gasteiger partial charge in [-0.05, 0) is 49.4 Å². The van der Waals surface area contributed by atoms with Crippen LogP contribution >= 0.6 is 0 Å². The molecule has 0 radical (unpaired) electrons. The molecule has 0 saturated carbocycles. The minimum atomic E-state index is -3.75. The van der Waals surface area contributed by atoms with Gasteiger partial charge < -0.3 is 14.4 Å². The lowest BCUT2D eigenvalue weighted by atomic mass is 10.1. The highest BCUT2D eigenvalue weighted by Gasteiger charge is 2.21. The van der Waals surface area contributed by atoms with E-state index < -0.39 is 10.0 Å². The van der Waals surface area contributed by atoms with Crippen LogP contribution in [0.25, 0.3) is 0 Å². The fraction of sp³-hybridized carbons (Fsp3) is 0.208. The maximum Gasteiger partial charge on any atom is 0.261 e. The Kier molecular flexibility index (Phi) is 6.32. The van der Waals surface area contributed by atoms with Gasteiger partial charge in [-0.2, -0.15) is 0 Å². The summed E-state index contributed by atoms with van der Waals surface area (Å²) in [6.45, 7) is 3.71. The van der Waals surface area contributed by atoms with Crippen molar-refractivity contribution >= 4 is 21.6 Å². The van der Waals surface area contributed by atoms with Crippen LogP contribution in [0.3, 0.4) is 0 Å². The molecule has 1 N–H and O–H groups in total. The smallest absolute Gasteiger partial charge is 0.261 e. The second-order valence-electron chi connectivity index (χ2n) is 7.26. The molecule has 1 heterocycles. The molecule has 0 unspecified atom stereocenters. The molecule has 0 atom stereocenters. The van der Waals surface area contributed by atoms with Crippen LogP contribution in [0, 0.1) is 0 Å². The highest BCUT2D eigenvalue weighted by Crippen LogP contribution is 2.34. The minimum absolute atomic E-state index is 0.0867. The number of nitrogens with zero attached hydrogens (tertiary/aromatic N) is 1. The van der Waals surface area contributed by atoms with E-state index in [1.165, 1.54) is 24.3 Å². The molecule has 32 heavy (non-hydrogen) atoms. The molecule has 8 heteroatoms. The largest absolute Gasteiger partial charge is 0.486 e. The van der Waals surface area contributed by atoms with Gasteiger partial charge in [0.25, 0.3) is 15.9 Å². The Labute approximate surface area is 187 Å². The average molecular weight is 453 g/mol. The molecular formula is C24H24N2O5S. The van der Waals surface area contributed by atoms with Crippen LogP contribution in [0.4, 0.5) is 5.69 Å². The predicted octanol–water partition coefficient (Wildman–Crippen LogP) is 3.92. The van der Waals surface area contributed by atoms with Gasteiger partial charge in [-0.1, -0.05) is 30.3 Å². The van der Waals surface area contributed by atoms with Gasteiger partial charge >= 0.3 is 0 Å². The molecular weight excluding hydrogens is 428 g/mol. The summed E-state index contributed by atoms with van der Waals surface area (Å²) in [6, 6.07) is 20.2. The summed E-state index contributed by atoms with van der Waals surface area (Å²) in [5.41, 5.74) is 1.75. The molecule has 4 rings (SSSR count). The summed E-state index contributed by atoms with van der Waals surface area (Å²) in [4.78, 5) is 14.9. The maximum atomic E-state index is 13.1. The zero-order valence-corrected chi connectivity index (χ0v) is 18.5. The second kappa shape index (κ2) is 9.32. The quantitative estimate of drug-likeness (QED) is 0.587. The van der Waals surface area contributed by atoms with Gasteiger partial charge in [0.1, 0.15) is 13.2 Å². The van der Waals surface area contributed by atoms with Crippen LogP contribution in [0.5, 0.6) is 11.5 Å². The van der Waals surface area contributed by atoms with Crippen molar-refractivity contribution in [2.75, 3.05) is 24.5 Å². The second-order valence-corrected chi connectivity index (χ2v) is 8.94. The van der Waals surface area contributed by atoms with E-state index in [4.69, 9.17) is 9.47 Å². The van der Waals surface area contributed by atoms with Crippen LogP contribution in [0.15, 0.2) is 77.7 Å². The van der Waals surface area contributed by atoms with E-state index in [0.717, 1.165) is 5.56 Å². The van der Waals surface area contributed by atoms with E-state index >= 15 is 0 Å². The van der Waals surface area contributed by atoms with E-state index in [0.29, 0.717) is 49.1 Å². The van der Waals surface area contributed by atoms with Crippen molar-refractivity contribution in [3.63, 3.8) is 0 Å². The Bertz CT molecular complexity index is 1190. The van der Waals surface area contributed by atoms with Gasteiger partial charge in [0.15, 0.2) is 11.5 Å². The molecule has 1 aliphatic heterocycles. The molecule has 1 aliphatic rings. The molecule has 3 aromatic rings. The Morgan fingerprint density at radius 2 is 1.66 bits per heavy atom. The molecule has 0 fully saturated rings. The minimum Gasteiger partial charge on any atom is -0.486 e. The van der Waals surface area contributed by atoms with Crippen molar-refractivity contribution in [1.29, 1.82) is 0 Å². The fourth-order valence-corrected chi connectivity index (χ4v) is 4.53. The van der Waals surface area contributed by atoms with Crippen LogP contribution in [0.2, 0.25) is 0 Å². The van der Waals surface area contributed by atoms with Gasteiger partial charge in [-0.15, -0.1) is 0 Å². The molecule has 0 aliphatic carbocycles. The number of ether oxygens (including phenoxy) is 2. The van der Waals surface area contributed by atoms with Crippen molar-refractivity contribution in [2.45, 2.75) is 18.4 Å². The summed E-state index contributed by atoms with van der Waals surface area (Å²) < 4.78 is 39.1. The number of amides is 1. The number of fused-ring (bicyclic) bond motifs is 1. The number of nitrogens with one attached hydrogen (secondary N) is 1. The standard InChI is InChI=1S/C24H24N2O5S/c1-2-26(17-19-7-6-10-22-23(19)31-16-15-30-22)24(27)18-11-13-21(14-12-18)32(28,29)25-20-8-4-3-5-9-20/h3-14,25H,2,15-17H2,1H3. The SMILES string of the molecule is CCN(Cc1cccc2c1OCCO2)C(=O)c1ccc(S(=O)(=O)Nc2ccccc2)cc1. The lowest BCUT2D eigenvalue weighted by Gasteiger charge is -2.25. The third-order valence-electron chi connectivity index (χ3n) is 5.12. The van der Waals surface area contributed by atoms with Gasteiger partial charge in [-0.25, -0.2) is 8.42 Å². The van der Waals surface area contributed by atoms with Gasteiger partial charge in [0, 0.05) is 29.9 Å². The van der Waals surface area contributed by atoms with Crippen LogP contribution in [0.1, 0.15) is 22.8 Å². The molecule has 0 aromatic heterocycles. The van der Waals surface area contributed by atoms with E-state index in [9.17, 15) is 13.2 Å². The first-order valence-corrected chi connectivity index (χ1v) is 11.8. The average Bonchev–Trinajstić information content (AvgIpc) is 2.82. The number of hydrogen-bond acceptors (Lipinski definition) is 5. The van der Waals surface area contributed by atoms with E-state index in [1.54, 1.807) is 29.2 Å². The Morgan fingerprint density at radius 3 is 2.38 bits per heavy atom. The number of hydrogen-bond donors (Lipinski definition) is 1. The number of anilines is 1. The maximum absolute atomic E-state index is 13.1. The normalized spacial score (nSPS) is 12.8. The molecule has 3 aromatic carbocycles. The van der Waals surface area contributed by atoms with Gasteiger partial charge in [0.2, 0.25) is 0 Å². The van der Waals surface area contributed by atoms with E-state index in [2.05, 4.69) is 4.72 Å². The molecule has 0 saturated heterocycles. The number of benzene rings is 3. The van der Waals surface area contributed by atoms with Crippen molar-refractivity contribution < 1.29 is 22.7 Å². The lowest BCUT2D eigenvalue weighted by Crippen LogP contribution is -2.31. The van der Waals surface area contributed by atoms with Crippen molar-refractivity contribution in [2.24, 2.45) is 0 Å². The van der Waals surface area contributed by atoms with Gasteiger partial charge in [0.05, 0.1) is 4.90 Å². The first-order chi connectivity index (χ1) is 15.5. The highest BCUT2D eigenvalue weighted by atomic mass is 32.2. The Balaban J connectivity index is 1.50. The fourth-order valence-electron chi connectivity index (χ4n) is 3.47. The summed E-state index contributed by atoms with van der Waals surface area (Å²) in [5.74, 6) is 1.15. The number of carbonyl (C=O) groups is 1. The molecule has 0 spiro atoms. The summed E-state index contributed by atoms with van der Waals surface area (Å²) in [5, 5.41) is 0. The molecule has 7 nitrogen and oxygen atoms in total. The topological polar surface area (TPSA) is 84.9 Å². The number of rotatable bonds is 7. The molecule has 1 amide bonds. The zero-order chi connectivity index (χ0) is 22.6. The molecule has 166 valence electrons. The Morgan fingerprint density at radius 1 is 0.938 bits per heavy atom. The summed E-state index contributed by atoms with van der Waals surface area (Å²) in [7, 11) is -3.75. The third-order valence-corrected chi connectivity index (χ3v) is 6.51. The number of carbonyl (C=O) groups excluding carboxylic acids is 1. The predicted molar refractivity (Wildman–Crippen MR) is 122 cm³/mol. The van der Waals surface area contributed by atoms with Crippen molar-refractivity contribution in [3.8, 4) is 11.5 Å². The molecule has 0 bridgehead atoms. The van der Waals surface area contributed by atoms with Crippen LogP contribution in [-0.4, -0.2) is 39.0 Å². The summed E-state index contributed by atoms with van der Waals surface area (Å²) in [6.07, 6.45) is 0. The third kappa shape index (κ3) is 4.70. The van der Waals surface area contributed by atoms with Gasteiger partial charge in [-0.3, -0.25) is 9.52 Å². The first-order valence-electron chi connectivity index (χ1n) is 10.3.